The summed E-state index contributed by atoms with van der Waals surface area (Å²) in [6.07, 6.45) is 0. The third kappa shape index (κ3) is 3.02. The topological polar surface area (TPSA) is 75.4 Å². The molecule has 1 heterocycles. The maximum Gasteiger partial charge on any atom is 0.321 e. The van der Waals surface area contributed by atoms with E-state index in [2.05, 4.69) is 10.3 Å². The molecule has 1 aromatic carbocycles. The van der Waals surface area contributed by atoms with Crippen molar-refractivity contribution in [1.82, 2.24) is 10.3 Å². The van der Waals surface area contributed by atoms with Gasteiger partial charge in [0.2, 0.25) is 0 Å². The SMILES string of the molecule is CCNC(CSc1nc2ccccc2o1)C(=O)O. The molecule has 1 aromatic heterocycles. The van der Waals surface area contributed by atoms with Gasteiger partial charge in [0.15, 0.2) is 5.58 Å². The highest BCUT2D eigenvalue weighted by atomic mass is 32.2. The number of carboxylic acids is 1. The van der Waals surface area contributed by atoms with Gasteiger partial charge < -0.3 is 14.8 Å². The Labute approximate surface area is 109 Å². The van der Waals surface area contributed by atoms with Crippen molar-refractivity contribution in [3.8, 4) is 0 Å². The van der Waals surface area contributed by atoms with Gasteiger partial charge in [-0.25, -0.2) is 4.98 Å². The van der Waals surface area contributed by atoms with Crippen LogP contribution in [0, 0.1) is 0 Å². The number of likely N-dealkylation sites (N-methyl/N-ethyl adjacent to an activating group) is 1. The first-order valence-corrected chi connectivity index (χ1v) is 6.64. The number of nitrogens with zero attached hydrogens (tertiary/aromatic N) is 1. The molecular weight excluding hydrogens is 252 g/mol. The third-order valence-corrected chi connectivity index (χ3v) is 3.32. The van der Waals surface area contributed by atoms with Crippen molar-refractivity contribution in [2.45, 2.75) is 18.2 Å². The molecular formula is C12H14N2O3S. The maximum atomic E-state index is 11.0. The second-order valence-electron chi connectivity index (χ2n) is 3.71. The van der Waals surface area contributed by atoms with Gasteiger partial charge in [0.05, 0.1) is 0 Å². The van der Waals surface area contributed by atoms with Gasteiger partial charge in [0.25, 0.3) is 5.22 Å². The fourth-order valence-electron chi connectivity index (χ4n) is 1.53. The molecule has 0 spiro atoms. The van der Waals surface area contributed by atoms with E-state index < -0.39 is 12.0 Å². The van der Waals surface area contributed by atoms with Crippen molar-refractivity contribution < 1.29 is 14.3 Å². The molecule has 0 aliphatic heterocycles. The number of carbonyl (C=O) groups is 1. The number of thioether (sulfide) groups is 1. The highest BCUT2D eigenvalue weighted by molar-refractivity contribution is 7.99. The van der Waals surface area contributed by atoms with Gasteiger partial charge in [0, 0.05) is 5.75 Å². The molecule has 0 saturated heterocycles. The van der Waals surface area contributed by atoms with E-state index in [0.29, 0.717) is 17.5 Å². The first-order chi connectivity index (χ1) is 8.70. The van der Waals surface area contributed by atoms with Crippen LogP contribution in [-0.2, 0) is 4.79 Å². The lowest BCUT2D eigenvalue weighted by Gasteiger charge is -2.10. The quantitative estimate of drug-likeness (QED) is 0.779. The summed E-state index contributed by atoms with van der Waals surface area (Å²) in [5, 5.41) is 12.4. The Morgan fingerprint density at radius 2 is 2.33 bits per heavy atom. The zero-order valence-corrected chi connectivity index (χ0v) is 10.7. The van der Waals surface area contributed by atoms with Crippen LogP contribution < -0.4 is 5.32 Å². The summed E-state index contributed by atoms with van der Waals surface area (Å²) in [6.45, 7) is 2.49. The summed E-state index contributed by atoms with van der Waals surface area (Å²) in [7, 11) is 0. The number of hydrogen-bond donors (Lipinski definition) is 2. The summed E-state index contributed by atoms with van der Waals surface area (Å²) in [4.78, 5) is 15.2. The first-order valence-electron chi connectivity index (χ1n) is 5.65. The number of nitrogens with one attached hydrogen (secondary N) is 1. The highest BCUT2D eigenvalue weighted by Crippen LogP contribution is 2.23. The largest absolute Gasteiger partial charge is 0.480 e. The molecule has 2 N–H and O–H groups in total. The summed E-state index contributed by atoms with van der Waals surface area (Å²) in [5.74, 6) is -0.476. The predicted molar refractivity (Wildman–Crippen MR) is 69.8 cm³/mol. The molecule has 0 fully saturated rings. The van der Waals surface area contributed by atoms with Crippen LogP contribution in [0.5, 0.6) is 0 Å². The number of para-hydroxylation sites is 2. The molecule has 1 atom stereocenters. The van der Waals surface area contributed by atoms with Gasteiger partial charge in [-0.05, 0) is 18.7 Å². The molecule has 2 rings (SSSR count). The fraction of sp³-hybridized carbons (Fsp3) is 0.333. The molecule has 5 nitrogen and oxygen atoms in total. The van der Waals surface area contributed by atoms with Crippen LogP contribution in [0.15, 0.2) is 33.9 Å². The van der Waals surface area contributed by atoms with Crippen molar-refractivity contribution in [3.63, 3.8) is 0 Å². The van der Waals surface area contributed by atoms with E-state index in [4.69, 9.17) is 9.52 Å². The Balaban J connectivity index is 2.02. The molecule has 1 unspecified atom stereocenters. The molecule has 18 heavy (non-hydrogen) atoms. The molecule has 96 valence electrons. The average Bonchev–Trinajstić information content (AvgIpc) is 2.76. The van der Waals surface area contributed by atoms with Crippen molar-refractivity contribution in [1.29, 1.82) is 0 Å². The van der Waals surface area contributed by atoms with Gasteiger partial charge in [-0.1, -0.05) is 30.8 Å². The van der Waals surface area contributed by atoms with Crippen LogP contribution >= 0.6 is 11.8 Å². The lowest BCUT2D eigenvalue weighted by molar-refractivity contribution is -0.138. The molecule has 0 bridgehead atoms. The second kappa shape index (κ2) is 5.88. The number of hydrogen-bond acceptors (Lipinski definition) is 5. The second-order valence-corrected chi connectivity index (χ2v) is 4.68. The predicted octanol–water partition coefficient (Wildman–Crippen LogP) is 1.98. The Hall–Kier alpha value is -1.53. The van der Waals surface area contributed by atoms with Gasteiger partial charge in [-0.3, -0.25) is 4.79 Å². The lowest BCUT2D eigenvalue weighted by atomic mass is 10.3. The van der Waals surface area contributed by atoms with Crippen molar-refractivity contribution in [2.75, 3.05) is 12.3 Å². The maximum absolute atomic E-state index is 11.0. The summed E-state index contributed by atoms with van der Waals surface area (Å²) in [5.41, 5.74) is 1.51. The zero-order valence-electron chi connectivity index (χ0n) is 9.92. The van der Waals surface area contributed by atoms with Gasteiger partial charge in [0.1, 0.15) is 11.6 Å². The average molecular weight is 266 g/mol. The Morgan fingerprint density at radius 3 is 3.00 bits per heavy atom. The van der Waals surface area contributed by atoms with Crippen LogP contribution in [0.25, 0.3) is 11.1 Å². The molecule has 0 saturated carbocycles. The van der Waals surface area contributed by atoms with Gasteiger partial charge in [-0.2, -0.15) is 0 Å². The van der Waals surface area contributed by atoms with Crippen LogP contribution in [0.2, 0.25) is 0 Å². The number of aliphatic carboxylic acids is 1. The minimum Gasteiger partial charge on any atom is -0.480 e. The number of aromatic nitrogens is 1. The van der Waals surface area contributed by atoms with E-state index in [0.717, 1.165) is 11.1 Å². The summed E-state index contributed by atoms with van der Waals surface area (Å²) in [6, 6.07) is 6.88. The summed E-state index contributed by atoms with van der Waals surface area (Å²) >= 11 is 1.30. The molecule has 0 amide bonds. The van der Waals surface area contributed by atoms with E-state index in [1.807, 2.05) is 31.2 Å². The van der Waals surface area contributed by atoms with Crippen LogP contribution in [0.3, 0.4) is 0 Å². The van der Waals surface area contributed by atoms with Gasteiger partial charge >= 0.3 is 5.97 Å². The number of benzene rings is 1. The monoisotopic (exact) mass is 266 g/mol. The van der Waals surface area contributed by atoms with E-state index in [1.165, 1.54) is 11.8 Å². The summed E-state index contributed by atoms with van der Waals surface area (Å²) < 4.78 is 5.51. The molecule has 0 aliphatic carbocycles. The molecule has 0 aliphatic rings. The first kappa shape index (κ1) is 12.9. The Bertz CT molecular complexity index is 508. The number of rotatable bonds is 6. The standard InChI is InChI=1S/C12H14N2O3S/c1-2-13-9(11(15)16)7-18-12-14-8-5-3-4-6-10(8)17-12/h3-6,9,13H,2,7H2,1H3,(H,15,16). The minimum atomic E-state index is -0.861. The van der Waals surface area contributed by atoms with E-state index >= 15 is 0 Å². The van der Waals surface area contributed by atoms with Gasteiger partial charge in [-0.15, -0.1) is 0 Å². The van der Waals surface area contributed by atoms with E-state index in [9.17, 15) is 4.79 Å². The van der Waals surface area contributed by atoms with Crippen LogP contribution in [0.4, 0.5) is 0 Å². The molecule has 6 heteroatoms. The third-order valence-electron chi connectivity index (χ3n) is 2.40. The van der Waals surface area contributed by atoms with Crippen molar-refractivity contribution >= 4 is 28.8 Å². The van der Waals surface area contributed by atoms with E-state index in [1.54, 1.807) is 0 Å². The van der Waals surface area contributed by atoms with E-state index in [-0.39, 0.29) is 0 Å². The Morgan fingerprint density at radius 1 is 1.56 bits per heavy atom. The highest BCUT2D eigenvalue weighted by Gasteiger charge is 2.17. The smallest absolute Gasteiger partial charge is 0.321 e. The fourth-order valence-corrected chi connectivity index (χ4v) is 2.41. The Kier molecular flexibility index (Phi) is 4.22. The minimum absolute atomic E-state index is 0.385. The molecule has 0 radical (unpaired) electrons. The molecule has 2 aromatic rings. The lowest BCUT2D eigenvalue weighted by Crippen LogP contribution is -2.38. The number of carboxylic acid groups (broad SMARTS) is 1. The van der Waals surface area contributed by atoms with Crippen molar-refractivity contribution in [2.24, 2.45) is 0 Å². The normalized spacial score (nSPS) is 12.7. The van der Waals surface area contributed by atoms with Crippen molar-refractivity contribution in [3.05, 3.63) is 24.3 Å². The van der Waals surface area contributed by atoms with Crippen LogP contribution in [0.1, 0.15) is 6.92 Å². The number of oxazole rings is 1. The number of fused-ring (bicyclic) bond motifs is 1. The van der Waals surface area contributed by atoms with Crippen LogP contribution in [-0.4, -0.2) is 34.4 Å². The zero-order chi connectivity index (χ0) is 13.0.